The van der Waals surface area contributed by atoms with Crippen LogP contribution in [0.25, 0.3) is 0 Å². The molecule has 55 valence electrons. The van der Waals surface area contributed by atoms with Crippen LogP contribution >= 0.6 is 24.0 Å². The van der Waals surface area contributed by atoms with Gasteiger partial charge in [0.25, 0.3) is 0 Å². The summed E-state index contributed by atoms with van der Waals surface area (Å²) < 4.78 is 0. The Labute approximate surface area is 71.6 Å². The number of halogens is 2. The Hall–Kier alpha value is -0.400. The molecule has 0 heterocycles. The second-order valence-corrected chi connectivity index (χ2v) is 2.29. The van der Waals surface area contributed by atoms with Crippen molar-refractivity contribution in [3.63, 3.8) is 0 Å². The number of benzene rings is 1. The molecule has 0 saturated carbocycles. The Morgan fingerprint density at radius 1 is 1.50 bits per heavy atom. The van der Waals surface area contributed by atoms with Crippen molar-refractivity contribution in [3.05, 3.63) is 28.8 Å². The van der Waals surface area contributed by atoms with Crippen molar-refractivity contribution in [3.8, 4) is 0 Å². The maximum absolute atomic E-state index is 5.63. The zero-order chi connectivity index (χ0) is 6.85. The van der Waals surface area contributed by atoms with E-state index < -0.39 is 0 Å². The second kappa shape index (κ2) is 3.69. The highest BCUT2D eigenvalue weighted by molar-refractivity contribution is 6.32. The highest BCUT2D eigenvalue weighted by atomic mass is 35.5. The van der Waals surface area contributed by atoms with Gasteiger partial charge in [-0.3, -0.25) is 0 Å². The molecular formula is C7H8Cl2N. The zero-order valence-electron chi connectivity index (χ0n) is 5.52. The maximum Gasteiger partial charge on any atom is 0.0717 e. The summed E-state index contributed by atoms with van der Waals surface area (Å²) in [5, 5.41) is 0.509. The molecule has 3 heteroatoms. The van der Waals surface area contributed by atoms with Gasteiger partial charge in [0.05, 0.1) is 10.7 Å². The number of anilines is 1. The lowest BCUT2D eigenvalue weighted by molar-refractivity contribution is 1.46. The molecule has 1 nitrogen and oxygen atoms in total. The molecule has 1 radical (unpaired) electrons. The summed E-state index contributed by atoms with van der Waals surface area (Å²) >= 11 is 5.63. The summed E-state index contributed by atoms with van der Waals surface area (Å²) in [5.74, 6) is 0. The first kappa shape index (κ1) is 9.60. The van der Waals surface area contributed by atoms with Crippen molar-refractivity contribution < 1.29 is 0 Å². The van der Waals surface area contributed by atoms with E-state index >= 15 is 0 Å². The molecule has 1 aromatic rings. The number of nitrogen functional groups attached to an aromatic ring is 1. The van der Waals surface area contributed by atoms with Gasteiger partial charge in [0.2, 0.25) is 0 Å². The monoisotopic (exact) mass is 176 g/mol. The average Bonchev–Trinajstić information content (AvgIpc) is 1.80. The van der Waals surface area contributed by atoms with E-state index in [1.807, 2.05) is 13.0 Å². The topological polar surface area (TPSA) is 26.0 Å². The molecule has 2 N–H and O–H groups in total. The zero-order valence-corrected chi connectivity index (χ0v) is 7.09. The quantitative estimate of drug-likeness (QED) is 0.605. The summed E-state index contributed by atoms with van der Waals surface area (Å²) in [6.07, 6.45) is 0. The molecule has 0 fully saturated rings. The van der Waals surface area contributed by atoms with E-state index in [4.69, 9.17) is 17.3 Å². The third-order valence-corrected chi connectivity index (χ3v) is 1.39. The number of aryl methyl sites for hydroxylation is 1. The van der Waals surface area contributed by atoms with Crippen LogP contribution in [-0.4, -0.2) is 0 Å². The molecule has 0 unspecified atom stereocenters. The first-order valence-corrected chi connectivity index (χ1v) is 3.02. The van der Waals surface area contributed by atoms with Gasteiger partial charge in [0, 0.05) is 6.07 Å². The van der Waals surface area contributed by atoms with E-state index in [1.165, 1.54) is 0 Å². The lowest BCUT2D eigenvalue weighted by atomic mass is 10.2. The first-order chi connectivity index (χ1) is 4.20. The molecule has 0 amide bonds. The molecule has 0 saturated heterocycles. The van der Waals surface area contributed by atoms with Crippen LogP contribution in [0.2, 0.25) is 5.02 Å². The van der Waals surface area contributed by atoms with Crippen LogP contribution in [0.3, 0.4) is 0 Å². The molecule has 0 aliphatic heterocycles. The summed E-state index contributed by atoms with van der Waals surface area (Å²) in [4.78, 5) is 0. The fourth-order valence-corrected chi connectivity index (χ4v) is 0.787. The van der Waals surface area contributed by atoms with Crippen LogP contribution in [-0.2, 0) is 0 Å². The highest BCUT2D eigenvalue weighted by Gasteiger charge is 1.93. The van der Waals surface area contributed by atoms with E-state index in [0.717, 1.165) is 5.56 Å². The number of nitrogens with two attached hydrogens (primary N) is 1. The lowest BCUT2D eigenvalue weighted by Crippen LogP contribution is -1.85. The second-order valence-electron chi connectivity index (χ2n) is 1.91. The first-order valence-electron chi connectivity index (χ1n) is 2.64. The maximum atomic E-state index is 5.63. The minimum atomic E-state index is 0. The van der Waals surface area contributed by atoms with Gasteiger partial charge in [-0.15, -0.1) is 12.4 Å². The van der Waals surface area contributed by atoms with E-state index in [2.05, 4.69) is 6.07 Å². The predicted octanol–water partition coefficient (Wildman–Crippen LogP) is 2.45. The van der Waals surface area contributed by atoms with Crippen molar-refractivity contribution in [1.82, 2.24) is 0 Å². The smallest absolute Gasteiger partial charge is 0.0717 e. The van der Waals surface area contributed by atoms with E-state index in [9.17, 15) is 0 Å². The fourth-order valence-electron chi connectivity index (χ4n) is 0.575. The summed E-state index contributed by atoms with van der Waals surface area (Å²) in [7, 11) is 0. The number of hydrogen-bond donors (Lipinski definition) is 1. The van der Waals surface area contributed by atoms with Gasteiger partial charge in [0.1, 0.15) is 0 Å². The summed E-state index contributed by atoms with van der Waals surface area (Å²) in [6.45, 7) is 1.92. The van der Waals surface area contributed by atoms with E-state index in [0.29, 0.717) is 10.7 Å². The Morgan fingerprint density at radius 2 is 2.10 bits per heavy atom. The Bertz CT molecular complexity index is 223. The normalized spacial score (nSPS) is 8.60. The Morgan fingerprint density at radius 3 is 2.50 bits per heavy atom. The molecule has 0 atom stereocenters. The molecule has 0 aromatic heterocycles. The fraction of sp³-hybridized carbons (Fsp3) is 0.143. The van der Waals surface area contributed by atoms with Gasteiger partial charge in [-0.25, -0.2) is 0 Å². The SMILES string of the molecule is Cc1[c]c(Cl)c(N)cc1.Cl. The van der Waals surface area contributed by atoms with Gasteiger partial charge in [-0.05, 0) is 18.6 Å². The van der Waals surface area contributed by atoms with Crippen molar-refractivity contribution in [2.75, 3.05) is 5.73 Å². The van der Waals surface area contributed by atoms with Crippen LogP contribution in [0.5, 0.6) is 0 Å². The largest absolute Gasteiger partial charge is 0.398 e. The molecular weight excluding hydrogens is 169 g/mol. The molecule has 0 aliphatic carbocycles. The van der Waals surface area contributed by atoms with Gasteiger partial charge in [-0.1, -0.05) is 17.7 Å². The van der Waals surface area contributed by atoms with Crippen LogP contribution in [0.1, 0.15) is 5.56 Å². The van der Waals surface area contributed by atoms with Crippen LogP contribution in [0, 0.1) is 13.0 Å². The van der Waals surface area contributed by atoms with E-state index in [1.54, 1.807) is 6.07 Å². The van der Waals surface area contributed by atoms with Gasteiger partial charge < -0.3 is 5.73 Å². The van der Waals surface area contributed by atoms with Gasteiger partial charge in [-0.2, -0.15) is 0 Å². The van der Waals surface area contributed by atoms with Crippen molar-refractivity contribution in [2.24, 2.45) is 0 Å². The minimum absolute atomic E-state index is 0. The van der Waals surface area contributed by atoms with Crippen LogP contribution < -0.4 is 5.73 Å². The van der Waals surface area contributed by atoms with E-state index in [-0.39, 0.29) is 12.4 Å². The third kappa shape index (κ3) is 2.09. The van der Waals surface area contributed by atoms with Crippen molar-refractivity contribution in [1.29, 1.82) is 0 Å². The molecule has 10 heavy (non-hydrogen) atoms. The number of hydrogen-bond acceptors (Lipinski definition) is 1. The summed E-state index contributed by atoms with van der Waals surface area (Å²) in [5.41, 5.74) is 7.02. The molecule has 0 aliphatic rings. The predicted molar refractivity (Wildman–Crippen MR) is 46.7 cm³/mol. The standard InChI is InChI=1S/C7H7ClN.ClH/c1-5-2-3-7(9)6(8)4-5;/h2-3H,9H2,1H3;1H. The molecule has 0 bridgehead atoms. The molecule has 0 spiro atoms. The average molecular weight is 177 g/mol. The summed E-state index contributed by atoms with van der Waals surface area (Å²) in [6, 6.07) is 6.53. The number of rotatable bonds is 0. The molecule has 1 rings (SSSR count). The van der Waals surface area contributed by atoms with Crippen LogP contribution in [0.4, 0.5) is 5.69 Å². The highest BCUT2D eigenvalue weighted by Crippen LogP contribution is 2.17. The van der Waals surface area contributed by atoms with Crippen LogP contribution in [0.15, 0.2) is 12.1 Å². The molecule has 1 aromatic carbocycles. The minimum Gasteiger partial charge on any atom is -0.398 e. The third-order valence-electron chi connectivity index (χ3n) is 1.07. The van der Waals surface area contributed by atoms with Gasteiger partial charge >= 0.3 is 0 Å². The van der Waals surface area contributed by atoms with Crippen molar-refractivity contribution >= 4 is 29.7 Å². The lowest BCUT2D eigenvalue weighted by Gasteiger charge is -1.95. The van der Waals surface area contributed by atoms with Gasteiger partial charge in [0.15, 0.2) is 0 Å². The Balaban J connectivity index is 0.000000810. The van der Waals surface area contributed by atoms with Crippen molar-refractivity contribution in [2.45, 2.75) is 6.92 Å². The Kier molecular flexibility index (Phi) is 3.54.